The molecular weight excluding hydrogens is 460 g/mol. The number of hydrogen-bond acceptors (Lipinski definition) is 7. The second-order valence-electron chi connectivity index (χ2n) is 9.62. The SMILES string of the molecule is CCOC(=O)/C=C/Oc1ccccc1[C@H]1CC[C@@H](OCc2ncccc2NC(=O)OC(C)(C)C)CC1. The molecule has 1 aliphatic carbocycles. The molecule has 1 N–H and O–H groups in total. The third-order valence-corrected chi connectivity index (χ3v) is 5.70. The summed E-state index contributed by atoms with van der Waals surface area (Å²) in [5.74, 6) is 0.662. The topological polar surface area (TPSA) is 96.0 Å². The Bertz CT molecular complexity index is 1040. The first kappa shape index (κ1) is 27.2. The van der Waals surface area contributed by atoms with Crippen LogP contribution in [0.25, 0.3) is 0 Å². The summed E-state index contributed by atoms with van der Waals surface area (Å²) in [6.07, 6.45) is 7.65. The maximum absolute atomic E-state index is 12.2. The second-order valence-corrected chi connectivity index (χ2v) is 9.62. The summed E-state index contributed by atoms with van der Waals surface area (Å²) in [5.41, 5.74) is 1.79. The summed E-state index contributed by atoms with van der Waals surface area (Å²) < 4.78 is 22.2. The van der Waals surface area contributed by atoms with Crippen LogP contribution in [-0.4, -0.2) is 35.4 Å². The van der Waals surface area contributed by atoms with Crippen LogP contribution < -0.4 is 10.1 Å². The fourth-order valence-corrected chi connectivity index (χ4v) is 4.10. The highest BCUT2D eigenvalue weighted by molar-refractivity contribution is 5.85. The highest BCUT2D eigenvalue weighted by Gasteiger charge is 2.25. The molecule has 3 rings (SSSR count). The highest BCUT2D eigenvalue weighted by Crippen LogP contribution is 2.38. The van der Waals surface area contributed by atoms with Crippen LogP contribution in [0.4, 0.5) is 10.5 Å². The van der Waals surface area contributed by atoms with Gasteiger partial charge >= 0.3 is 12.1 Å². The Morgan fingerprint density at radius 2 is 1.83 bits per heavy atom. The van der Waals surface area contributed by atoms with Gasteiger partial charge in [0.1, 0.15) is 11.4 Å². The minimum atomic E-state index is -0.581. The van der Waals surface area contributed by atoms with E-state index in [0.717, 1.165) is 37.0 Å². The number of nitrogens with zero attached hydrogens (tertiary/aromatic N) is 1. The number of carbonyl (C=O) groups excluding carboxylic acids is 2. The molecule has 8 heteroatoms. The zero-order chi connectivity index (χ0) is 26.0. The summed E-state index contributed by atoms with van der Waals surface area (Å²) in [6.45, 7) is 7.85. The lowest BCUT2D eigenvalue weighted by Crippen LogP contribution is -2.27. The Morgan fingerprint density at radius 1 is 1.08 bits per heavy atom. The molecule has 0 saturated heterocycles. The molecule has 1 aromatic heterocycles. The van der Waals surface area contributed by atoms with Crippen LogP contribution >= 0.6 is 0 Å². The molecule has 0 aliphatic heterocycles. The van der Waals surface area contributed by atoms with Crippen molar-refractivity contribution in [1.82, 2.24) is 4.98 Å². The molecule has 0 radical (unpaired) electrons. The van der Waals surface area contributed by atoms with E-state index in [1.165, 1.54) is 12.3 Å². The summed E-state index contributed by atoms with van der Waals surface area (Å²) >= 11 is 0. The van der Waals surface area contributed by atoms with E-state index in [9.17, 15) is 9.59 Å². The van der Waals surface area contributed by atoms with E-state index < -0.39 is 17.7 Å². The second kappa shape index (κ2) is 13.1. The molecule has 0 spiro atoms. The monoisotopic (exact) mass is 496 g/mol. The maximum atomic E-state index is 12.2. The van der Waals surface area contributed by atoms with E-state index in [1.807, 2.05) is 39.0 Å². The van der Waals surface area contributed by atoms with Crippen molar-refractivity contribution in [3.63, 3.8) is 0 Å². The van der Waals surface area contributed by atoms with E-state index in [0.29, 0.717) is 30.5 Å². The van der Waals surface area contributed by atoms with Gasteiger partial charge in [-0.15, -0.1) is 0 Å². The fraction of sp³-hybridized carbons (Fsp3) is 0.464. The Labute approximate surface area is 213 Å². The first-order valence-electron chi connectivity index (χ1n) is 12.4. The zero-order valence-electron chi connectivity index (χ0n) is 21.5. The number of esters is 1. The molecule has 194 valence electrons. The lowest BCUT2D eigenvalue weighted by atomic mass is 9.82. The van der Waals surface area contributed by atoms with Crippen molar-refractivity contribution < 1.29 is 28.5 Å². The van der Waals surface area contributed by atoms with Crippen molar-refractivity contribution in [2.24, 2.45) is 0 Å². The molecule has 1 amide bonds. The Morgan fingerprint density at radius 3 is 2.56 bits per heavy atom. The Balaban J connectivity index is 1.52. The fourth-order valence-electron chi connectivity index (χ4n) is 4.10. The van der Waals surface area contributed by atoms with Gasteiger partial charge in [-0.05, 0) is 83.1 Å². The van der Waals surface area contributed by atoms with Gasteiger partial charge in [-0.3, -0.25) is 10.3 Å². The molecule has 1 aromatic carbocycles. The standard InChI is InChI=1S/C28H36N2O6/c1-5-33-26(31)16-18-34-25-11-7-6-9-22(25)20-12-14-21(15-13-20)35-19-24-23(10-8-17-29-24)30-27(32)36-28(2,3)4/h6-11,16-18,20-21H,5,12-15,19H2,1-4H3,(H,30,32)/b18-16+/t20-,21+. The summed E-state index contributed by atoms with van der Waals surface area (Å²) in [5, 5.41) is 2.77. The van der Waals surface area contributed by atoms with Crippen molar-refractivity contribution in [2.75, 3.05) is 11.9 Å². The summed E-state index contributed by atoms with van der Waals surface area (Å²) in [7, 11) is 0. The third-order valence-electron chi connectivity index (χ3n) is 5.70. The number of pyridine rings is 1. The number of aromatic nitrogens is 1. The normalized spacial score (nSPS) is 18.0. The Kier molecular flexibility index (Phi) is 9.87. The van der Waals surface area contributed by atoms with Crippen molar-refractivity contribution in [1.29, 1.82) is 0 Å². The molecule has 1 fully saturated rings. The predicted molar refractivity (Wildman–Crippen MR) is 137 cm³/mol. The molecule has 0 atom stereocenters. The average molecular weight is 497 g/mol. The van der Waals surface area contributed by atoms with E-state index >= 15 is 0 Å². The van der Waals surface area contributed by atoms with Gasteiger partial charge in [-0.2, -0.15) is 0 Å². The Hall–Kier alpha value is -3.39. The van der Waals surface area contributed by atoms with Gasteiger partial charge in [0, 0.05) is 6.20 Å². The third kappa shape index (κ3) is 8.68. The van der Waals surface area contributed by atoms with E-state index in [1.54, 1.807) is 25.3 Å². The number of para-hydroxylation sites is 1. The van der Waals surface area contributed by atoms with Crippen LogP contribution in [-0.2, 0) is 25.6 Å². The predicted octanol–water partition coefficient (Wildman–Crippen LogP) is 6.13. The maximum Gasteiger partial charge on any atom is 0.412 e. The number of ether oxygens (including phenoxy) is 4. The van der Waals surface area contributed by atoms with Crippen LogP contribution in [0.2, 0.25) is 0 Å². The molecular formula is C28H36N2O6. The van der Waals surface area contributed by atoms with Crippen LogP contribution in [0.15, 0.2) is 54.9 Å². The van der Waals surface area contributed by atoms with E-state index in [4.69, 9.17) is 18.9 Å². The van der Waals surface area contributed by atoms with Gasteiger partial charge in [0.05, 0.1) is 43.0 Å². The van der Waals surface area contributed by atoms with Crippen LogP contribution in [0, 0.1) is 0 Å². The quantitative estimate of drug-likeness (QED) is 0.253. The van der Waals surface area contributed by atoms with Crippen LogP contribution in [0.5, 0.6) is 5.75 Å². The molecule has 1 saturated carbocycles. The number of carbonyl (C=O) groups is 2. The minimum Gasteiger partial charge on any atom is -0.464 e. The van der Waals surface area contributed by atoms with Gasteiger partial charge in [0.25, 0.3) is 0 Å². The lowest BCUT2D eigenvalue weighted by molar-refractivity contribution is -0.137. The van der Waals surface area contributed by atoms with E-state index in [-0.39, 0.29) is 6.10 Å². The van der Waals surface area contributed by atoms with Crippen LogP contribution in [0.1, 0.15) is 70.6 Å². The van der Waals surface area contributed by atoms with Crippen molar-refractivity contribution >= 4 is 17.7 Å². The van der Waals surface area contributed by atoms with Gasteiger partial charge in [0.2, 0.25) is 0 Å². The first-order chi connectivity index (χ1) is 17.2. The molecule has 1 heterocycles. The number of rotatable bonds is 9. The number of hydrogen-bond donors (Lipinski definition) is 1. The van der Waals surface area contributed by atoms with Gasteiger partial charge in [-0.25, -0.2) is 9.59 Å². The molecule has 0 unspecified atom stereocenters. The number of amides is 1. The lowest BCUT2D eigenvalue weighted by Gasteiger charge is -2.29. The number of benzene rings is 1. The van der Waals surface area contributed by atoms with Gasteiger partial charge in [0.15, 0.2) is 0 Å². The van der Waals surface area contributed by atoms with Gasteiger partial charge in [-0.1, -0.05) is 18.2 Å². The summed E-state index contributed by atoms with van der Waals surface area (Å²) in [6, 6.07) is 11.5. The molecule has 8 nitrogen and oxygen atoms in total. The van der Waals surface area contributed by atoms with Crippen molar-refractivity contribution in [3.05, 3.63) is 66.2 Å². The average Bonchev–Trinajstić information content (AvgIpc) is 2.83. The number of nitrogens with one attached hydrogen (secondary N) is 1. The number of anilines is 1. The molecule has 36 heavy (non-hydrogen) atoms. The first-order valence-corrected chi connectivity index (χ1v) is 12.4. The van der Waals surface area contributed by atoms with E-state index in [2.05, 4.69) is 16.4 Å². The zero-order valence-corrected chi connectivity index (χ0v) is 21.5. The van der Waals surface area contributed by atoms with Crippen molar-refractivity contribution in [2.45, 2.75) is 77.6 Å². The van der Waals surface area contributed by atoms with Crippen molar-refractivity contribution in [3.8, 4) is 5.75 Å². The largest absolute Gasteiger partial charge is 0.464 e. The van der Waals surface area contributed by atoms with Crippen LogP contribution in [0.3, 0.4) is 0 Å². The molecule has 2 aromatic rings. The molecule has 0 bridgehead atoms. The highest BCUT2D eigenvalue weighted by atomic mass is 16.6. The smallest absolute Gasteiger partial charge is 0.412 e. The summed E-state index contributed by atoms with van der Waals surface area (Å²) in [4.78, 5) is 28.1. The molecule has 1 aliphatic rings. The minimum absolute atomic E-state index is 0.106. The van der Waals surface area contributed by atoms with Gasteiger partial charge < -0.3 is 18.9 Å².